The summed E-state index contributed by atoms with van der Waals surface area (Å²) in [5, 5.41) is 12.1. The highest BCUT2D eigenvalue weighted by atomic mass is 16.5. The Morgan fingerprint density at radius 2 is 2.18 bits per heavy atom. The zero-order valence-electron chi connectivity index (χ0n) is 10.0. The molecule has 0 aromatic carbocycles. The molecule has 1 aliphatic rings. The Bertz CT molecular complexity index is 373. The molecule has 17 heavy (non-hydrogen) atoms. The van der Waals surface area contributed by atoms with E-state index in [1.165, 1.54) is 17.6 Å². The molecule has 0 bridgehead atoms. The molecule has 1 aromatic heterocycles. The molecule has 0 saturated carbocycles. The molecule has 0 radical (unpaired) electrons. The number of esters is 1. The number of aryl methyl sites for hydroxylation is 1. The summed E-state index contributed by atoms with van der Waals surface area (Å²) < 4.78 is 4.83. The van der Waals surface area contributed by atoms with Crippen LogP contribution in [-0.2, 0) is 16.1 Å². The summed E-state index contributed by atoms with van der Waals surface area (Å²) in [4.78, 5) is 14.7. The predicted molar refractivity (Wildman–Crippen MR) is 60.5 cm³/mol. The monoisotopic (exact) mass is 239 g/mol. The molecule has 0 atom stereocenters. The molecule has 0 aliphatic carbocycles. The highest BCUT2D eigenvalue weighted by Gasteiger charge is 2.17. The Labute approximate surface area is 99.7 Å². The van der Waals surface area contributed by atoms with E-state index in [0.29, 0.717) is 19.1 Å². The lowest BCUT2D eigenvalue weighted by Crippen LogP contribution is -2.19. The predicted octanol–water partition coefficient (Wildman–Crippen LogP) is 0.226. The summed E-state index contributed by atoms with van der Waals surface area (Å²) in [6.45, 7) is 4.59. The van der Waals surface area contributed by atoms with Crippen LogP contribution in [0.2, 0.25) is 0 Å². The van der Waals surface area contributed by atoms with E-state index in [2.05, 4.69) is 20.3 Å². The van der Waals surface area contributed by atoms with Gasteiger partial charge in [0.05, 0.1) is 19.6 Å². The van der Waals surface area contributed by atoms with Crippen molar-refractivity contribution in [3.05, 3.63) is 0 Å². The average molecular weight is 239 g/mol. The van der Waals surface area contributed by atoms with Gasteiger partial charge in [-0.1, -0.05) is 5.10 Å². The Balaban J connectivity index is 1.83. The summed E-state index contributed by atoms with van der Waals surface area (Å²) in [6.07, 6.45) is 2.64. The third-order valence-electron chi connectivity index (χ3n) is 2.65. The topological polar surface area (TPSA) is 73.1 Å². The minimum Gasteiger partial charge on any atom is -0.466 e. The standard InChI is InChI=1S/C10H17N5O2/c1-2-17-9(16)5-8-15-12-10(11-13-15)14-6-3-4-7-14/h2-8H2,1H3. The zero-order valence-corrected chi connectivity index (χ0v) is 10.0. The number of ether oxygens (including phenoxy) is 1. The molecule has 7 nitrogen and oxygen atoms in total. The highest BCUT2D eigenvalue weighted by molar-refractivity contribution is 5.69. The van der Waals surface area contributed by atoms with Crippen LogP contribution in [0.5, 0.6) is 0 Å². The molecule has 1 fully saturated rings. The molecular weight excluding hydrogens is 222 g/mol. The van der Waals surface area contributed by atoms with Crippen LogP contribution < -0.4 is 4.90 Å². The van der Waals surface area contributed by atoms with E-state index in [4.69, 9.17) is 4.74 Å². The first kappa shape index (κ1) is 11.8. The smallest absolute Gasteiger partial charge is 0.307 e. The number of anilines is 1. The average Bonchev–Trinajstić information content (AvgIpc) is 2.97. The molecular formula is C10H17N5O2. The van der Waals surface area contributed by atoms with Crippen LogP contribution in [0.3, 0.4) is 0 Å². The summed E-state index contributed by atoms with van der Waals surface area (Å²) in [5.41, 5.74) is 0. The lowest BCUT2D eigenvalue weighted by molar-refractivity contribution is -0.143. The SMILES string of the molecule is CCOC(=O)CCn1nnc(N2CCCC2)n1. The molecule has 2 rings (SSSR count). The molecule has 0 N–H and O–H groups in total. The van der Waals surface area contributed by atoms with Crippen molar-refractivity contribution in [2.75, 3.05) is 24.6 Å². The van der Waals surface area contributed by atoms with Gasteiger partial charge in [0.1, 0.15) is 0 Å². The molecule has 1 aromatic rings. The third kappa shape index (κ3) is 3.15. The molecule has 1 saturated heterocycles. The van der Waals surface area contributed by atoms with Crippen molar-refractivity contribution >= 4 is 11.9 Å². The van der Waals surface area contributed by atoms with Crippen molar-refractivity contribution in [3.63, 3.8) is 0 Å². The van der Waals surface area contributed by atoms with Gasteiger partial charge in [0.25, 0.3) is 5.95 Å². The van der Waals surface area contributed by atoms with Gasteiger partial charge in [-0.3, -0.25) is 4.79 Å². The van der Waals surface area contributed by atoms with Gasteiger partial charge >= 0.3 is 5.97 Å². The summed E-state index contributed by atoms with van der Waals surface area (Å²) >= 11 is 0. The van der Waals surface area contributed by atoms with E-state index < -0.39 is 0 Å². The number of rotatable bonds is 5. The van der Waals surface area contributed by atoms with Crippen LogP contribution in [0.15, 0.2) is 0 Å². The quantitative estimate of drug-likeness (QED) is 0.685. The lowest BCUT2D eigenvalue weighted by Gasteiger charge is -2.09. The fourth-order valence-corrected chi connectivity index (χ4v) is 1.80. The van der Waals surface area contributed by atoms with Gasteiger partial charge in [0.15, 0.2) is 0 Å². The normalized spacial score (nSPS) is 15.2. The minimum absolute atomic E-state index is 0.229. The first-order chi connectivity index (χ1) is 8.29. The van der Waals surface area contributed by atoms with Gasteiger partial charge in [-0.15, -0.1) is 5.10 Å². The second kappa shape index (κ2) is 5.60. The number of hydrogen-bond acceptors (Lipinski definition) is 6. The van der Waals surface area contributed by atoms with Gasteiger partial charge in [-0.2, -0.15) is 4.80 Å². The van der Waals surface area contributed by atoms with Crippen LogP contribution in [0.25, 0.3) is 0 Å². The number of carbonyl (C=O) groups excluding carboxylic acids is 1. The molecule has 0 amide bonds. The van der Waals surface area contributed by atoms with E-state index in [1.807, 2.05) is 0 Å². The van der Waals surface area contributed by atoms with Crippen molar-refractivity contribution in [2.24, 2.45) is 0 Å². The van der Waals surface area contributed by atoms with Gasteiger partial charge in [-0.05, 0) is 25.0 Å². The maximum atomic E-state index is 11.2. The van der Waals surface area contributed by atoms with Crippen molar-refractivity contribution in [1.29, 1.82) is 0 Å². The number of tetrazole rings is 1. The van der Waals surface area contributed by atoms with Crippen molar-refractivity contribution < 1.29 is 9.53 Å². The second-order valence-electron chi connectivity index (χ2n) is 3.93. The first-order valence-electron chi connectivity index (χ1n) is 5.98. The lowest BCUT2D eigenvalue weighted by atomic mass is 10.4. The van der Waals surface area contributed by atoms with E-state index >= 15 is 0 Å². The fourth-order valence-electron chi connectivity index (χ4n) is 1.80. The first-order valence-corrected chi connectivity index (χ1v) is 5.98. The number of hydrogen-bond donors (Lipinski definition) is 0. The van der Waals surface area contributed by atoms with Crippen molar-refractivity contribution in [3.8, 4) is 0 Å². The van der Waals surface area contributed by atoms with E-state index in [1.54, 1.807) is 6.92 Å². The summed E-state index contributed by atoms with van der Waals surface area (Å²) in [6, 6.07) is 0. The van der Waals surface area contributed by atoms with Crippen molar-refractivity contribution in [1.82, 2.24) is 20.2 Å². The summed E-state index contributed by atoms with van der Waals surface area (Å²) in [5.74, 6) is 0.430. The molecule has 94 valence electrons. The fraction of sp³-hybridized carbons (Fsp3) is 0.800. The van der Waals surface area contributed by atoms with Crippen molar-refractivity contribution in [2.45, 2.75) is 32.7 Å². The maximum absolute atomic E-state index is 11.2. The third-order valence-corrected chi connectivity index (χ3v) is 2.65. The zero-order chi connectivity index (χ0) is 12.1. The van der Waals surface area contributed by atoms with Gasteiger partial charge in [0.2, 0.25) is 0 Å². The van der Waals surface area contributed by atoms with Crippen LogP contribution in [0.1, 0.15) is 26.2 Å². The Morgan fingerprint density at radius 3 is 2.88 bits per heavy atom. The van der Waals surface area contributed by atoms with Crippen LogP contribution in [-0.4, -0.2) is 45.9 Å². The van der Waals surface area contributed by atoms with E-state index in [0.717, 1.165) is 13.1 Å². The Hall–Kier alpha value is -1.66. The van der Waals surface area contributed by atoms with Gasteiger partial charge in [0, 0.05) is 13.1 Å². The Kier molecular flexibility index (Phi) is 3.89. The molecule has 0 unspecified atom stereocenters. The summed E-state index contributed by atoms with van der Waals surface area (Å²) in [7, 11) is 0. The molecule has 1 aliphatic heterocycles. The van der Waals surface area contributed by atoms with E-state index in [-0.39, 0.29) is 12.4 Å². The minimum atomic E-state index is -0.229. The van der Waals surface area contributed by atoms with E-state index in [9.17, 15) is 4.79 Å². The molecule has 7 heteroatoms. The maximum Gasteiger partial charge on any atom is 0.307 e. The Morgan fingerprint density at radius 1 is 1.41 bits per heavy atom. The number of carbonyl (C=O) groups is 1. The van der Waals surface area contributed by atoms with Gasteiger partial charge < -0.3 is 9.64 Å². The van der Waals surface area contributed by atoms with Crippen LogP contribution in [0.4, 0.5) is 5.95 Å². The largest absolute Gasteiger partial charge is 0.466 e. The van der Waals surface area contributed by atoms with Gasteiger partial charge in [-0.25, -0.2) is 0 Å². The highest BCUT2D eigenvalue weighted by Crippen LogP contribution is 2.13. The second-order valence-corrected chi connectivity index (χ2v) is 3.93. The van der Waals surface area contributed by atoms with Crippen LogP contribution >= 0.6 is 0 Å². The molecule has 0 spiro atoms. The molecule has 2 heterocycles. The van der Waals surface area contributed by atoms with Crippen LogP contribution in [0, 0.1) is 0 Å². The number of nitrogens with zero attached hydrogens (tertiary/aromatic N) is 5. The number of aromatic nitrogens is 4.